The Bertz CT molecular complexity index is 1110. The Morgan fingerprint density at radius 2 is 1.79 bits per heavy atom. The molecular formula is C24H33N5O3S. The first-order chi connectivity index (χ1) is 15.7. The van der Waals surface area contributed by atoms with Crippen molar-refractivity contribution in [3.63, 3.8) is 0 Å². The zero-order chi connectivity index (χ0) is 23.6. The van der Waals surface area contributed by atoms with Gasteiger partial charge in [0.1, 0.15) is 11.6 Å². The van der Waals surface area contributed by atoms with Gasteiger partial charge in [-0.2, -0.15) is 8.42 Å². The predicted molar refractivity (Wildman–Crippen MR) is 129 cm³/mol. The van der Waals surface area contributed by atoms with Crippen molar-refractivity contribution in [2.45, 2.75) is 63.4 Å². The molecule has 0 aromatic carbocycles. The van der Waals surface area contributed by atoms with Crippen LogP contribution in [-0.2, 0) is 10.0 Å². The number of hydrogen-bond donors (Lipinski definition) is 1. The lowest BCUT2D eigenvalue weighted by Gasteiger charge is -2.36. The smallest absolute Gasteiger partial charge is 0.281 e. The number of carbonyl (C=O) groups is 1. The van der Waals surface area contributed by atoms with E-state index >= 15 is 0 Å². The van der Waals surface area contributed by atoms with E-state index in [9.17, 15) is 13.2 Å². The second-order valence-corrected chi connectivity index (χ2v) is 11.2. The van der Waals surface area contributed by atoms with Crippen molar-refractivity contribution in [1.82, 2.24) is 14.7 Å². The fraction of sp³-hybridized carbons (Fsp3) is 0.542. The summed E-state index contributed by atoms with van der Waals surface area (Å²) in [5.41, 5.74) is 0.0533. The van der Waals surface area contributed by atoms with E-state index in [2.05, 4.69) is 45.3 Å². The highest BCUT2D eigenvalue weighted by molar-refractivity contribution is 7.90. The molecule has 2 fully saturated rings. The number of hydrogen-bond acceptors (Lipinski definition) is 7. The molecule has 2 aliphatic rings. The van der Waals surface area contributed by atoms with Gasteiger partial charge in [-0.15, -0.1) is 0 Å². The number of nitrogens with one attached hydrogen (secondary N) is 1. The minimum Gasteiger partial charge on any atom is -0.357 e. The van der Waals surface area contributed by atoms with Crippen LogP contribution in [0.5, 0.6) is 0 Å². The van der Waals surface area contributed by atoms with Gasteiger partial charge >= 0.3 is 0 Å². The van der Waals surface area contributed by atoms with Gasteiger partial charge in [-0.25, -0.2) is 14.7 Å². The summed E-state index contributed by atoms with van der Waals surface area (Å²) in [6.45, 7) is 8.89. The lowest BCUT2D eigenvalue weighted by atomic mass is 9.90. The number of rotatable bonds is 5. The van der Waals surface area contributed by atoms with Crippen LogP contribution in [0, 0.1) is 5.92 Å². The summed E-state index contributed by atoms with van der Waals surface area (Å²) in [4.78, 5) is 26.2. The van der Waals surface area contributed by atoms with E-state index in [1.165, 1.54) is 18.9 Å². The molecule has 9 heteroatoms. The Hall–Kier alpha value is -2.68. The van der Waals surface area contributed by atoms with Crippen molar-refractivity contribution in [2.24, 2.45) is 5.92 Å². The molecule has 4 heterocycles. The molecule has 0 saturated carbocycles. The van der Waals surface area contributed by atoms with Crippen molar-refractivity contribution in [3.8, 4) is 0 Å². The van der Waals surface area contributed by atoms with E-state index in [1.807, 2.05) is 6.07 Å². The lowest BCUT2D eigenvalue weighted by molar-refractivity contribution is 0.0981. The van der Waals surface area contributed by atoms with Crippen LogP contribution in [0.25, 0.3) is 0 Å². The molecule has 2 aromatic rings. The molecule has 0 bridgehead atoms. The van der Waals surface area contributed by atoms with E-state index in [-0.39, 0.29) is 16.1 Å². The molecule has 0 spiro atoms. The van der Waals surface area contributed by atoms with Crippen LogP contribution in [0.3, 0.4) is 0 Å². The van der Waals surface area contributed by atoms with Crippen LogP contribution in [0.1, 0.15) is 63.2 Å². The van der Waals surface area contributed by atoms with Gasteiger partial charge in [0.2, 0.25) is 0 Å². The average Bonchev–Trinajstić information content (AvgIpc) is 2.97. The molecule has 1 amide bonds. The quantitative estimate of drug-likeness (QED) is 0.712. The van der Waals surface area contributed by atoms with Crippen molar-refractivity contribution < 1.29 is 13.2 Å². The highest BCUT2D eigenvalue weighted by Gasteiger charge is 2.40. The Kier molecular flexibility index (Phi) is 6.61. The summed E-state index contributed by atoms with van der Waals surface area (Å²) >= 11 is 0. The van der Waals surface area contributed by atoms with E-state index in [1.54, 1.807) is 24.4 Å². The van der Waals surface area contributed by atoms with Crippen molar-refractivity contribution in [2.75, 3.05) is 29.4 Å². The van der Waals surface area contributed by atoms with E-state index in [0.717, 1.165) is 38.9 Å². The normalized spacial score (nSPS) is 21.0. The predicted octanol–water partition coefficient (Wildman–Crippen LogP) is 3.60. The summed E-state index contributed by atoms with van der Waals surface area (Å²) in [5, 5.41) is -0.154. The molecule has 2 aromatic heterocycles. The minimum absolute atomic E-state index is 0.154. The minimum atomic E-state index is -4.14. The number of carbonyl (C=O) groups excluding carboxylic acids is 1. The van der Waals surface area contributed by atoms with Gasteiger partial charge in [0.25, 0.3) is 15.9 Å². The van der Waals surface area contributed by atoms with Crippen molar-refractivity contribution in [1.29, 1.82) is 0 Å². The monoisotopic (exact) mass is 471 g/mol. The van der Waals surface area contributed by atoms with Crippen LogP contribution in [0.2, 0.25) is 0 Å². The molecule has 2 aliphatic heterocycles. The number of pyridine rings is 2. The number of anilines is 2. The SMILES string of the molecule is CC1CCN(c2ncccc2C(=O)NS(=O)(=O)c2cccc(N3CCCCCC3)n2)C1(C)C. The summed E-state index contributed by atoms with van der Waals surface area (Å²) in [7, 11) is -4.14. The summed E-state index contributed by atoms with van der Waals surface area (Å²) < 4.78 is 28.4. The van der Waals surface area contributed by atoms with Crippen LogP contribution in [-0.4, -0.2) is 49.5 Å². The van der Waals surface area contributed by atoms with Crippen LogP contribution < -0.4 is 14.5 Å². The van der Waals surface area contributed by atoms with E-state index < -0.39 is 15.9 Å². The summed E-state index contributed by atoms with van der Waals surface area (Å²) in [6.07, 6.45) is 7.08. The molecule has 0 aliphatic carbocycles. The largest absolute Gasteiger partial charge is 0.357 e. The third kappa shape index (κ3) is 4.83. The maximum Gasteiger partial charge on any atom is 0.281 e. The fourth-order valence-corrected chi connectivity index (χ4v) is 5.59. The number of aromatic nitrogens is 2. The molecule has 1 N–H and O–H groups in total. The first-order valence-electron chi connectivity index (χ1n) is 11.7. The number of sulfonamides is 1. The molecule has 4 rings (SSSR count). The standard InChI is InChI=1S/C24H33N5O3S/c1-18-13-17-29(24(18,2)3)22-19(10-9-14-25-22)23(30)27-33(31,32)21-12-8-11-20(26-21)28-15-6-4-5-7-16-28/h8-12,14,18H,4-7,13,15-17H2,1-3H3,(H,27,30). The molecule has 178 valence electrons. The first-order valence-corrected chi connectivity index (χ1v) is 13.2. The molecule has 8 nitrogen and oxygen atoms in total. The topological polar surface area (TPSA) is 95.5 Å². The van der Waals surface area contributed by atoms with Gasteiger partial charge in [0.15, 0.2) is 5.03 Å². The molecule has 1 atom stereocenters. The second-order valence-electron chi connectivity index (χ2n) is 9.54. The van der Waals surface area contributed by atoms with Crippen LogP contribution >= 0.6 is 0 Å². The highest BCUT2D eigenvalue weighted by atomic mass is 32.2. The summed E-state index contributed by atoms with van der Waals surface area (Å²) in [6, 6.07) is 8.19. The van der Waals surface area contributed by atoms with Gasteiger partial charge in [0.05, 0.1) is 5.56 Å². The van der Waals surface area contributed by atoms with Crippen molar-refractivity contribution >= 4 is 27.6 Å². The van der Waals surface area contributed by atoms with Gasteiger partial charge in [-0.1, -0.05) is 25.8 Å². The zero-order valence-electron chi connectivity index (χ0n) is 19.6. The third-order valence-corrected chi connectivity index (χ3v) is 8.35. The number of amides is 1. The van der Waals surface area contributed by atoms with Gasteiger partial charge in [0, 0.05) is 31.4 Å². The number of nitrogens with zero attached hydrogens (tertiary/aromatic N) is 4. The molecular weight excluding hydrogens is 438 g/mol. The average molecular weight is 472 g/mol. The van der Waals surface area contributed by atoms with Crippen LogP contribution in [0.4, 0.5) is 11.6 Å². The summed E-state index contributed by atoms with van der Waals surface area (Å²) in [5.74, 6) is 0.855. The fourth-order valence-electron chi connectivity index (χ4n) is 4.66. The van der Waals surface area contributed by atoms with Gasteiger partial charge in [-0.3, -0.25) is 4.79 Å². The van der Waals surface area contributed by atoms with Crippen molar-refractivity contribution in [3.05, 3.63) is 42.1 Å². The molecule has 2 saturated heterocycles. The van der Waals surface area contributed by atoms with E-state index in [0.29, 0.717) is 17.6 Å². The molecule has 33 heavy (non-hydrogen) atoms. The Morgan fingerprint density at radius 1 is 1.06 bits per heavy atom. The Balaban J connectivity index is 1.58. The third-order valence-electron chi connectivity index (χ3n) is 7.12. The van der Waals surface area contributed by atoms with Gasteiger partial charge in [-0.05, 0) is 63.3 Å². The second kappa shape index (κ2) is 9.29. The first kappa shape index (κ1) is 23.5. The maximum absolute atomic E-state index is 13.1. The zero-order valence-corrected chi connectivity index (χ0v) is 20.4. The highest BCUT2D eigenvalue weighted by Crippen LogP contribution is 2.38. The molecule has 1 unspecified atom stereocenters. The van der Waals surface area contributed by atoms with E-state index in [4.69, 9.17) is 0 Å². The van der Waals surface area contributed by atoms with Crippen LogP contribution in [0.15, 0.2) is 41.6 Å². The van der Waals surface area contributed by atoms with Gasteiger partial charge < -0.3 is 9.80 Å². The Labute approximate surface area is 196 Å². The maximum atomic E-state index is 13.1. The molecule has 0 radical (unpaired) electrons. The lowest BCUT2D eigenvalue weighted by Crippen LogP contribution is -2.43. The Morgan fingerprint density at radius 3 is 2.45 bits per heavy atom.